The van der Waals surface area contributed by atoms with E-state index in [1.54, 1.807) is 7.05 Å². The zero-order valence-corrected chi connectivity index (χ0v) is 18.2. The summed E-state index contributed by atoms with van der Waals surface area (Å²) in [7, 11) is 1.55. The second-order valence-electron chi connectivity index (χ2n) is 8.53. The molecule has 0 unspecified atom stereocenters. The van der Waals surface area contributed by atoms with Crippen molar-refractivity contribution < 1.29 is 9.59 Å². The Morgan fingerprint density at radius 2 is 1.33 bits per heavy atom. The monoisotopic (exact) mass is 427 g/mol. The smallest absolute Gasteiger partial charge is 0.261 e. The molecule has 0 spiro atoms. The molecule has 1 heterocycles. The summed E-state index contributed by atoms with van der Waals surface area (Å²) >= 11 is 0. The van der Waals surface area contributed by atoms with Crippen LogP contribution in [0.15, 0.2) is 97.1 Å². The van der Waals surface area contributed by atoms with Gasteiger partial charge in [0.2, 0.25) is 0 Å². The maximum absolute atomic E-state index is 12.9. The van der Waals surface area contributed by atoms with Crippen LogP contribution >= 0.6 is 0 Å². The molecule has 0 atom stereocenters. The van der Waals surface area contributed by atoms with Crippen molar-refractivity contribution in [1.29, 1.82) is 0 Å². The highest BCUT2D eigenvalue weighted by Crippen LogP contribution is 2.39. The third kappa shape index (κ3) is 2.97. The first-order valence-electron chi connectivity index (χ1n) is 11.1. The molecule has 3 heteroatoms. The molecule has 2 aliphatic rings. The summed E-state index contributed by atoms with van der Waals surface area (Å²) in [5.41, 5.74) is 7.63. The van der Waals surface area contributed by atoms with E-state index in [4.69, 9.17) is 0 Å². The third-order valence-corrected chi connectivity index (χ3v) is 6.68. The van der Waals surface area contributed by atoms with Crippen LogP contribution in [0, 0.1) is 0 Å². The molecule has 6 rings (SSSR count). The van der Waals surface area contributed by atoms with Gasteiger partial charge in [0.25, 0.3) is 11.8 Å². The van der Waals surface area contributed by atoms with Crippen LogP contribution in [0.4, 0.5) is 0 Å². The topological polar surface area (TPSA) is 37.4 Å². The van der Waals surface area contributed by atoms with E-state index < -0.39 is 0 Å². The van der Waals surface area contributed by atoms with Gasteiger partial charge in [0, 0.05) is 23.7 Å². The Morgan fingerprint density at radius 1 is 0.636 bits per heavy atom. The molecule has 1 aliphatic heterocycles. The van der Waals surface area contributed by atoms with Crippen molar-refractivity contribution >= 4 is 33.7 Å². The number of likely N-dealkylation sites (N-methyl/N-ethyl adjacent to an activating group) is 1. The van der Waals surface area contributed by atoms with Crippen LogP contribution in [-0.4, -0.2) is 23.8 Å². The number of hydrogen-bond acceptors (Lipinski definition) is 2. The van der Waals surface area contributed by atoms with Crippen LogP contribution < -0.4 is 0 Å². The molecule has 4 aromatic rings. The second kappa shape index (κ2) is 7.42. The van der Waals surface area contributed by atoms with Crippen LogP contribution in [0.1, 0.15) is 27.0 Å². The standard InChI is InChI=1S/C30H21NO2/c1-31-29(32)26-13-7-10-21-18-20(14-15-27(28(21)26)30(31)33)23-17-16-22(19-8-3-2-4-9-19)24-11-5-6-12-25(23)24/h2-17H,18H2,1H3. The van der Waals surface area contributed by atoms with Crippen LogP contribution in [0.5, 0.6) is 0 Å². The Balaban J connectivity index is 1.55. The van der Waals surface area contributed by atoms with Crippen LogP contribution in [0.3, 0.4) is 0 Å². The average molecular weight is 428 g/mol. The fourth-order valence-electron chi connectivity index (χ4n) is 5.04. The number of hydrogen-bond donors (Lipinski definition) is 0. The molecule has 3 nitrogen and oxygen atoms in total. The SMILES string of the molecule is CN1C(=O)C2=CC=C(c3ccc(-c4ccccc4)c4ccccc34)Cc3cccc(c32)C1=O. The second-order valence-corrected chi connectivity index (χ2v) is 8.53. The van der Waals surface area contributed by atoms with Gasteiger partial charge in [-0.3, -0.25) is 14.5 Å². The molecule has 4 aromatic carbocycles. The van der Waals surface area contributed by atoms with Gasteiger partial charge in [-0.05, 0) is 57.2 Å². The first-order valence-corrected chi connectivity index (χ1v) is 11.1. The van der Waals surface area contributed by atoms with Crippen molar-refractivity contribution in [2.24, 2.45) is 0 Å². The highest BCUT2D eigenvalue weighted by atomic mass is 16.2. The molecule has 33 heavy (non-hydrogen) atoms. The number of carbonyl (C=O) groups excluding carboxylic acids is 2. The molecule has 0 saturated heterocycles. The Hall–Kier alpha value is -4.24. The first-order chi connectivity index (χ1) is 16.1. The van der Waals surface area contributed by atoms with Crippen LogP contribution in [-0.2, 0) is 11.2 Å². The van der Waals surface area contributed by atoms with Crippen LogP contribution in [0.2, 0.25) is 0 Å². The van der Waals surface area contributed by atoms with Gasteiger partial charge in [-0.25, -0.2) is 0 Å². The zero-order chi connectivity index (χ0) is 22.5. The summed E-state index contributed by atoms with van der Waals surface area (Å²) in [5.74, 6) is -0.489. The summed E-state index contributed by atoms with van der Waals surface area (Å²) < 4.78 is 0. The number of fused-ring (bicyclic) bond motifs is 1. The largest absolute Gasteiger partial charge is 0.277 e. The number of nitrogens with zero attached hydrogens (tertiary/aromatic N) is 1. The number of amides is 2. The Kier molecular flexibility index (Phi) is 4.37. The van der Waals surface area contributed by atoms with Crippen molar-refractivity contribution in [2.45, 2.75) is 6.42 Å². The predicted octanol–water partition coefficient (Wildman–Crippen LogP) is 6.14. The van der Waals surface area contributed by atoms with E-state index in [-0.39, 0.29) is 11.8 Å². The summed E-state index contributed by atoms with van der Waals surface area (Å²) in [4.78, 5) is 26.9. The van der Waals surface area contributed by atoms with E-state index in [0.717, 1.165) is 22.3 Å². The first kappa shape index (κ1) is 19.4. The van der Waals surface area contributed by atoms with Crippen molar-refractivity contribution in [1.82, 2.24) is 4.90 Å². The van der Waals surface area contributed by atoms with Crippen molar-refractivity contribution in [3.63, 3.8) is 0 Å². The lowest BCUT2D eigenvalue weighted by molar-refractivity contribution is -0.121. The van der Waals surface area contributed by atoms with Gasteiger partial charge in [-0.2, -0.15) is 0 Å². The molecule has 0 N–H and O–H groups in total. The number of allylic oxidation sites excluding steroid dienone is 3. The van der Waals surface area contributed by atoms with Gasteiger partial charge in [-0.1, -0.05) is 84.9 Å². The maximum Gasteiger partial charge on any atom is 0.261 e. The Morgan fingerprint density at radius 3 is 2.12 bits per heavy atom. The molecule has 158 valence electrons. The molecular weight excluding hydrogens is 406 g/mol. The molecule has 0 saturated carbocycles. The maximum atomic E-state index is 12.9. The molecule has 0 aromatic heterocycles. The lowest BCUT2D eigenvalue weighted by Crippen LogP contribution is -2.38. The highest BCUT2D eigenvalue weighted by molar-refractivity contribution is 6.31. The van der Waals surface area contributed by atoms with Gasteiger partial charge in [-0.15, -0.1) is 0 Å². The van der Waals surface area contributed by atoms with E-state index in [9.17, 15) is 9.59 Å². The minimum absolute atomic E-state index is 0.241. The van der Waals surface area contributed by atoms with E-state index in [1.807, 2.05) is 36.4 Å². The zero-order valence-electron chi connectivity index (χ0n) is 18.2. The molecule has 0 bridgehead atoms. The van der Waals surface area contributed by atoms with Crippen molar-refractivity contribution in [3.8, 4) is 11.1 Å². The predicted molar refractivity (Wildman–Crippen MR) is 133 cm³/mol. The van der Waals surface area contributed by atoms with E-state index >= 15 is 0 Å². The van der Waals surface area contributed by atoms with Gasteiger partial charge in [0.1, 0.15) is 0 Å². The molecule has 1 aliphatic carbocycles. The van der Waals surface area contributed by atoms with Gasteiger partial charge < -0.3 is 0 Å². The summed E-state index contributed by atoms with van der Waals surface area (Å²) in [5, 5.41) is 2.37. The van der Waals surface area contributed by atoms with E-state index in [1.165, 1.54) is 26.8 Å². The summed E-state index contributed by atoms with van der Waals surface area (Å²) in [6, 6.07) is 29.0. The third-order valence-electron chi connectivity index (χ3n) is 6.68. The average Bonchev–Trinajstić information content (AvgIpc) is 3.06. The Labute approximate surface area is 192 Å². The number of rotatable bonds is 2. The summed E-state index contributed by atoms with van der Waals surface area (Å²) in [6.45, 7) is 0. The normalized spacial score (nSPS) is 15.1. The molecular formula is C30H21NO2. The number of benzene rings is 4. The fourth-order valence-corrected chi connectivity index (χ4v) is 5.04. The van der Waals surface area contributed by atoms with Crippen molar-refractivity contribution in [3.05, 3.63) is 119 Å². The summed E-state index contributed by atoms with van der Waals surface area (Å²) in [6.07, 6.45) is 4.59. The number of carbonyl (C=O) groups is 2. The van der Waals surface area contributed by atoms with Gasteiger partial charge in [0.05, 0.1) is 0 Å². The van der Waals surface area contributed by atoms with E-state index in [0.29, 0.717) is 17.6 Å². The van der Waals surface area contributed by atoms with Gasteiger partial charge >= 0.3 is 0 Å². The molecule has 0 radical (unpaired) electrons. The quantitative estimate of drug-likeness (QED) is 0.360. The minimum Gasteiger partial charge on any atom is -0.277 e. The minimum atomic E-state index is -0.248. The number of imide groups is 1. The highest BCUT2D eigenvalue weighted by Gasteiger charge is 2.34. The molecule has 0 fully saturated rings. The van der Waals surface area contributed by atoms with E-state index in [2.05, 4.69) is 60.7 Å². The fraction of sp³-hybridized carbons (Fsp3) is 0.0667. The van der Waals surface area contributed by atoms with Gasteiger partial charge in [0.15, 0.2) is 0 Å². The van der Waals surface area contributed by atoms with Crippen LogP contribution in [0.25, 0.3) is 33.0 Å². The Bertz CT molecular complexity index is 1530. The lowest BCUT2D eigenvalue weighted by Gasteiger charge is -2.26. The molecule has 2 amide bonds. The van der Waals surface area contributed by atoms with Crippen molar-refractivity contribution in [2.75, 3.05) is 7.05 Å². The lowest BCUT2D eigenvalue weighted by atomic mass is 9.86.